The zero-order valence-electron chi connectivity index (χ0n) is 11.9. The van der Waals surface area contributed by atoms with Gasteiger partial charge in [0.2, 0.25) is 0 Å². The third kappa shape index (κ3) is 3.45. The lowest BCUT2D eigenvalue weighted by Crippen LogP contribution is -2.04. The van der Waals surface area contributed by atoms with Crippen molar-refractivity contribution >= 4 is 11.7 Å². The van der Waals surface area contributed by atoms with E-state index in [1.54, 1.807) is 37.3 Å². The molecule has 0 radical (unpaired) electrons. The van der Waals surface area contributed by atoms with Crippen LogP contribution in [0.15, 0.2) is 36.4 Å². The number of benzene rings is 2. The maximum Gasteiger partial charge on any atom is 0.337 e. The Bertz CT molecular complexity index is 650. The highest BCUT2D eigenvalue weighted by molar-refractivity contribution is 5.95. The molecule has 0 aliphatic carbocycles. The van der Waals surface area contributed by atoms with E-state index in [1.807, 2.05) is 6.92 Å². The van der Waals surface area contributed by atoms with Gasteiger partial charge in [-0.05, 0) is 55.8 Å². The minimum absolute atomic E-state index is 0.0379. The number of ether oxygens (including phenoxy) is 2. The summed E-state index contributed by atoms with van der Waals surface area (Å²) in [5, 5.41) is 9.12. The number of hydrogen-bond acceptors (Lipinski definition) is 4. The van der Waals surface area contributed by atoms with E-state index in [2.05, 4.69) is 0 Å². The van der Waals surface area contributed by atoms with Gasteiger partial charge in [-0.15, -0.1) is 0 Å². The first-order valence-electron chi connectivity index (χ1n) is 6.55. The van der Waals surface area contributed by atoms with Gasteiger partial charge in [0.15, 0.2) is 0 Å². The zero-order valence-corrected chi connectivity index (χ0v) is 11.9. The van der Waals surface area contributed by atoms with Crippen molar-refractivity contribution in [3.8, 4) is 17.2 Å². The van der Waals surface area contributed by atoms with Gasteiger partial charge in [0.25, 0.3) is 0 Å². The van der Waals surface area contributed by atoms with Crippen molar-refractivity contribution in [2.45, 2.75) is 13.8 Å². The average Bonchev–Trinajstić information content (AvgIpc) is 2.45. The molecule has 0 bridgehead atoms. The second-order valence-electron chi connectivity index (χ2n) is 4.51. The van der Waals surface area contributed by atoms with Crippen LogP contribution in [0, 0.1) is 6.92 Å². The maximum atomic E-state index is 11.1. The number of aromatic carboxylic acids is 1. The second kappa shape index (κ2) is 6.17. The predicted octanol–water partition coefficient (Wildman–Crippen LogP) is 3.47. The van der Waals surface area contributed by atoms with Gasteiger partial charge in [-0.2, -0.15) is 0 Å². The summed E-state index contributed by atoms with van der Waals surface area (Å²) in [6.07, 6.45) is 0. The first kappa shape index (κ1) is 14.7. The summed E-state index contributed by atoms with van der Waals surface area (Å²) in [5.41, 5.74) is 6.70. The van der Waals surface area contributed by atoms with E-state index in [0.717, 1.165) is 5.75 Å². The van der Waals surface area contributed by atoms with Gasteiger partial charge in [-0.3, -0.25) is 0 Å². The Morgan fingerprint density at radius 2 is 1.76 bits per heavy atom. The topological polar surface area (TPSA) is 81.8 Å². The van der Waals surface area contributed by atoms with Crippen molar-refractivity contribution in [2.75, 3.05) is 12.3 Å². The summed E-state index contributed by atoms with van der Waals surface area (Å²) in [4.78, 5) is 11.1. The van der Waals surface area contributed by atoms with Crippen LogP contribution in [0.4, 0.5) is 5.69 Å². The molecule has 2 aromatic carbocycles. The average molecular weight is 287 g/mol. The smallest absolute Gasteiger partial charge is 0.337 e. The Morgan fingerprint density at radius 3 is 2.33 bits per heavy atom. The lowest BCUT2D eigenvalue weighted by Gasteiger charge is -2.11. The molecule has 0 saturated carbocycles. The molecule has 3 N–H and O–H groups in total. The summed E-state index contributed by atoms with van der Waals surface area (Å²) < 4.78 is 11.0. The number of nitrogen functional groups attached to an aromatic ring is 1. The molecule has 0 amide bonds. The molecular weight excluding hydrogens is 270 g/mol. The SMILES string of the molecule is CCOc1ccc(Oc2cc(C)c(N)c(C(=O)O)c2)cc1. The highest BCUT2D eigenvalue weighted by atomic mass is 16.5. The molecule has 2 aromatic rings. The Morgan fingerprint density at radius 1 is 1.14 bits per heavy atom. The number of hydrogen-bond donors (Lipinski definition) is 2. The third-order valence-corrected chi connectivity index (χ3v) is 2.96. The van der Waals surface area contributed by atoms with Crippen molar-refractivity contribution in [1.29, 1.82) is 0 Å². The van der Waals surface area contributed by atoms with Gasteiger partial charge >= 0.3 is 5.97 Å². The van der Waals surface area contributed by atoms with Gasteiger partial charge in [-0.1, -0.05) is 0 Å². The van der Waals surface area contributed by atoms with Gasteiger partial charge < -0.3 is 20.3 Å². The molecule has 0 heterocycles. The van der Waals surface area contributed by atoms with E-state index >= 15 is 0 Å². The minimum Gasteiger partial charge on any atom is -0.494 e. The van der Waals surface area contributed by atoms with E-state index in [-0.39, 0.29) is 11.3 Å². The molecular formula is C16H17NO4. The molecule has 21 heavy (non-hydrogen) atoms. The summed E-state index contributed by atoms with van der Waals surface area (Å²) in [6.45, 7) is 4.25. The van der Waals surface area contributed by atoms with Gasteiger partial charge in [0, 0.05) is 5.69 Å². The van der Waals surface area contributed by atoms with Gasteiger partial charge in [-0.25, -0.2) is 4.79 Å². The van der Waals surface area contributed by atoms with Crippen LogP contribution in [0.1, 0.15) is 22.8 Å². The van der Waals surface area contributed by atoms with Crippen LogP contribution in [0.2, 0.25) is 0 Å². The van der Waals surface area contributed by atoms with E-state index in [1.165, 1.54) is 6.07 Å². The third-order valence-electron chi connectivity index (χ3n) is 2.96. The molecule has 5 heteroatoms. The van der Waals surface area contributed by atoms with Crippen molar-refractivity contribution in [2.24, 2.45) is 0 Å². The molecule has 0 aliphatic rings. The number of nitrogens with two attached hydrogens (primary N) is 1. The quantitative estimate of drug-likeness (QED) is 0.823. The highest BCUT2D eigenvalue weighted by Crippen LogP contribution is 2.29. The molecule has 0 spiro atoms. The van der Waals surface area contributed by atoms with Crippen molar-refractivity contribution in [3.05, 3.63) is 47.5 Å². The molecule has 5 nitrogen and oxygen atoms in total. The Labute approximate surface area is 122 Å². The van der Waals surface area contributed by atoms with E-state index < -0.39 is 5.97 Å². The lowest BCUT2D eigenvalue weighted by atomic mass is 10.1. The number of carbonyl (C=O) groups is 1. The fourth-order valence-corrected chi connectivity index (χ4v) is 1.91. The number of carboxylic acid groups (broad SMARTS) is 1. The maximum absolute atomic E-state index is 11.1. The fraction of sp³-hybridized carbons (Fsp3) is 0.188. The molecule has 0 aromatic heterocycles. The Kier molecular flexibility index (Phi) is 4.33. The zero-order chi connectivity index (χ0) is 15.4. The van der Waals surface area contributed by atoms with Crippen LogP contribution in [-0.2, 0) is 0 Å². The van der Waals surface area contributed by atoms with Crippen LogP contribution in [0.5, 0.6) is 17.2 Å². The summed E-state index contributed by atoms with van der Waals surface area (Å²) in [6, 6.07) is 10.2. The lowest BCUT2D eigenvalue weighted by molar-refractivity contribution is 0.0697. The molecule has 0 aliphatic heterocycles. The minimum atomic E-state index is -1.08. The molecule has 0 atom stereocenters. The Hall–Kier alpha value is -2.69. The van der Waals surface area contributed by atoms with Crippen molar-refractivity contribution in [3.63, 3.8) is 0 Å². The normalized spacial score (nSPS) is 10.2. The molecule has 2 rings (SSSR count). The van der Waals surface area contributed by atoms with E-state index in [9.17, 15) is 4.79 Å². The van der Waals surface area contributed by atoms with Crippen LogP contribution < -0.4 is 15.2 Å². The van der Waals surface area contributed by atoms with E-state index in [4.69, 9.17) is 20.3 Å². The number of aryl methyl sites for hydroxylation is 1. The largest absolute Gasteiger partial charge is 0.494 e. The summed E-state index contributed by atoms with van der Waals surface area (Å²) >= 11 is 0. The second-order valence-corrected chi connectivity index (χ2v) is 4.51. The van der Waals surface area contributed by atoms with Crippen LogP contribution in [-0.4, -0.2) is 17.7 Å². The monoisotopic (exact) mass is 287 g/mol. The van der Waals surface area contributed by atoms with Crippen LogP contribution in [0.25, 0.3) is 0 Å². The first-order valence-corrected chi connectivity index (χ1v) is 6.55. The molecule has 0 fully saturated rings. The van der Waals surface area contributed by atoms with Crippen molar-refractivity contribution < 1.29 is 19.4 Å². The number of anilines is 1. The predicted molar refractivity (Wildman–Crippen MR) is 80.2 cm³/mol. The van der Waals surface area contributed by atoms with Gasteiger partial charge in [0.05, 0.1) is 12.2 Å². The summed E-state index contributed by atoms with van der Waals surface area (Å²) in [5.74, 6) is 0.708. The standard InChI is InChI=1S/C16H17NO4/c1-3-20-11-4-6-12(7-5-11)21-13-8-10(2)15(17)14(9-13)16(18)19/h4-9H,3,17H2,1-2H3,(H,18,19). The van der Waals surface area contributed by atoms with E-state index in [0.29, 0.717) is 23.7 Å². The molecule has 0 saturated heterocycles. The molecule has 0 unspecified atom stereocenters. The fourth-order valence-electron chi connectivity index (χ4n) is 1.91. The summed E-state index contributed by atoms with van der Waals surface area (Å²) in [7, 11) is 0. The molecule has 110 valence electrons. The van der Waals surface area contributed by atoms with Crippen LogP contribution >= 0.6 is 0 Å². The van der Waals surface area contributed by atoms with Crippen molar-refractivity contribution in [1.82, 2.24) is 0 Å². The van der Waals surface area contributed by atoms with Crippen LogP contribution in [0.3, 0.4) is 0 Å². The number of carboxylic acids is 1. The highest BCUT2D eigenvalue weighted by Gasteiger charge is 2.12. The Balaban J connectivity index is 2.25. The first-order chi connectivity index (χ1) is 10.0. The van der Waals surface area contributed by atoms with Gasteiger partial charge in [0.1, 0.15) is 17.2 Å². The number of rotatable bonds is 5.